The Morgan fingerprint density at radius 3 is 2.65 bits per heavy atom. The van der Waals surface area contributed by atoms with E-state index in [9.17, 15) is 4.39 Å². The van der Waals surface area contributed by atoms with E-state index in [1.54, 1.807) is 17.7 Å². The van der Waals surface area contributed by atoms with Crippen LogP contribution in [0.15, 0.2) is 18.2 Å². The fourth-order valence-electron chi connectivity index (χ4n) is 1.70. The monoisotopic (exact) mass is 253 g/mol. The van der Waals surface area contributed by atoms with Gasteiger partial charge in [-0.2, -0.15) is 5.10 Å². The number of hydrogen-bond acceptors (Lipinski definition) is 2. The molecule has 0 fully saturated rings. The van der Waals surface area contributed by atoms with Gasteiger partial charge in [0, 0.05) is 0 Å². The highest BCUT2D eigenvalue weighted by Gasteiger charge is 2.11. The molecule has 2 rings (SSSR count). The number of nitrogen functional groups attached to an aromatic ring is 1. The highest BCUT2D eigenvalue weighted by Crippen LogP contribution is 2.23. The zero-order valence-electron chi connectivity index (χ0n) is 9.67. The molecule has 0 unspecified atom stereocenters. The lowest BCUT2D eigenvalue weighted by Crippen LogP contribution is -2.07. The molecule has 0 bridgehead atoms. The summed E-state index contributed by atoms with van der Waals surface area (Å²) in [4.78, 5) is 0. The van der Waals surface area contributed by atoms with E-state index in [0.29, 0.717) is 23.1 Å². The molecule has 0 aliphatic heterocycles. The van der Waals surface area contributed by atoms with Crippen LogP contribution < -0.4 is 5.73 Å². The number of benzene rings is 1. The molecule has 2 aromatic rings. The molecule has 1 heterocycles. The lowest BCUT2D eigenvalue weighted by atomic mass is 10.1. The first-order chi connectivity index (χ1) is 7.99. The number of nitrogens with zero attached hydrogens (tertiary/aromatic N) is 2. The third-order valence-electron chi connectivity index (χ3n) is 2.72. The van der Waals surface area contributed by atoms with E-state index in [2.05, 4.69) is 5.10 Å². The minimum absolute atomic E-state index is 0.242. The van der Waals surface area contributed by atoms with Crippen LogP contribution in [0.2, 0.25) is 5.02 Å². The highest BCUT2D eigenvalue weighted by molar-refractivity contribution is 6.33. The van der Waals surface area contributed by atoms with Crippen molar-refractivity contribution in [2.24, 2.45) is 0 Å². The van der Waals surface area contributed by atoms with Gasteiger partial charge in [0.05, 0.1) is 12.2 Å². The van der Waals surface area contributed by atoms with Crippen LogP contribution in [-0.4, -0.2) is 9.78 Å². The quantitative estimate of drug-likeness (QED) is 0.894. The average molecular weight is 254 g/mol. The second kappa shape index (κ2) is 4.37. The molecular weight excluding hydrogens is 241 g/mol. The Labute approximate surface area is 104 Å². The predicted octanol–water partition coefficient (Wildman–Crippen LogP) is 2.92. The van der Waals surface area contributed by atoms with Crippen LogP contribution in [0, 0.1) is 19.7 Å². The Kier molecular flexibility index (Phi) is 3.07. The molecule has 0 radical (unpaired) electrons. The summed E-state index contributed by atoms with van der Waals surface area (Å²) in [5, 5.41) is 4.71. The Balaban J connectivity index is 2.34. The fraction of sp³-hybridized carbons (Fsp3) is 0.250. The van der Waals surface area contributed by atoms with Gasteiger partial charge in [0.25, 0.3) is 0 Å². The number of anilines is 1. The third-order valence-corrected chi connectivity index (χ3v) is 3.18. The largest absolute Gasteiger partial charge is 0.383 e. The summed E-state index contributed by atoms with van der Waals surface area (Å²) < 4.78 is 14.6. The minimum atomic E-state index is -0.242. The van der Waals surface area contributed by atoms with Crippen LogP contribution in [-0.2, 0) is 6.54 Å². The molecule has 0 saturated carbocycles. The van der Waals surface area contributed by atoms with E-state index in [1.807, 2.05) is 6.92 Å². The van der Waals surface area contributed by atoms with Crippen LogP contribution in [0.4, 0.5) is 10.2 Å². The second-order valence-electron chi connectivity index (χ2n) is 4.01. The summed E-state index contributed by atoms with van der Waals surface area (Å²) in [6.07, 6.45) is 0. The molecule has 1 aromatic carbocycles. The SMILES string of the molecule is Cc1cc(F)ccc1Cn1nc(C)c(Cl)c1N. The number of aromatic nitrogens is 2. The van der Waals surface area contributed by atoms with Gasteiger partial charge >= 0.3 is 0 Å². The van der Waals surface area contributed by atoms with Crippen molar-refractivity contribution in [3.05, 3.63) is 45.9 Å². The Morgan fingerprint density at radius 1 is 1.41 bits per heavy atom. The molecule has 0 saturated heterocycles. The molecule has 0 atom stereocenters. The number of hydrogen-bond donors (Lipinski definition) is 1. The summed E-state index contributed by atoms with van der Waals surface area (Å²) in [5.41, 5.74) is 8.36. The second-order valence-corrected chi connectivity index (χ2v) is 4.39. The van der Waals surface area contributed by atoms with E-state index in [0.717, 1.165) is 11.1 Å². The summed E-state index contributed by atoms with van der Waals surface area (Å²) in [6.45, 7) is 4.14. The zero-order chi connectivity index (χ0) is 12.6. The van der Waals surface area contributed by atoms with Gasteiger partial charge in [-0.05, 0) is 37.1 Å². The van der Waals surface area contributed by atoms with Gasteiger partial charge in [0.2, 0.25) is 0 Å². The summed E-state index contributed by atoms with van der Waals surface area (Å²) in [6, 6.07) is 4.65. The topological polar surface area (TPSA) is 43.8 Å². The van der Waals surface area contributed by atoms with Gasteiger partial charge in [0.1, 0.15) is 16.7 Å². The van der Waals surface area contributed by atoms with Crippen LogP contribution in [0.25, 0.3) is 0 Å². The average Bonchev–Trinajstić information content (AvgIpc) is 2.50. The van der Waals surface area contributed by atoms with E-state index in [1.165, 1.54) is 12.1 Å². The van der Waals surface area contributed by atoms with Gasteiger partial charge < -0.3 is 5.73 Å². The van der Waals surface area contributed by atoms with Gasteiger partial charge in [-0.25, -0.2) is 9.07 Å². The standard InChI is InChI=1S/C12H13ClFN3/c1-7-5-10(14)4-3-9(7)6-17-12(15)11(13)8(2)16-17/h3-5H,6,15H2,1-2H3. The van der Waals surface area contributed by atoms with Gasteiger partial charge in [-0.3, -0.25) is 0 Å². The molecule has 0 spiro atoms. The van der Waals surface area contributed by atoms with Crippen LogP contribution in [0.1, 0.15) is 16.8 Å². The molecular formula is C12H13ClFN3. The van der Waals surface area contributed by atoms with E-state index >= 15 is 0 Å². The molecule has 1 aromatic heterocycles. The molecule has 0 aliphatic carbocycles. The summed E-state index contributed by atoms with van der Waals surface area (Å²) in [5.74, 6) is 0.196. The van der Waals surface area contributed by atoms with Gasteiger partial charge in [0.15, 0.2) is 0 Å². The van der Waals surface area contributed by atoms with Crippen LogP contribution in [0.5, 0.6) is 0 Å². The molecule has 17 heavy (non-hydrogen) atoms. The van der Waals surface area contributed by atoms with E-state index < -0.39 is 0 Å². The summed E-state index contributed by atoms with van der Waals surface area (Å²) >= 11 is 5.96. The predicted molar refractivity (Wildman–Crippen MR) is 66.6 cm³/mol. The van der Waals surface area contributed by atoms with Crippen LogP contribution in [0.3, 0.4) is 0 Å². The number of halogens is 2. The normalized spacial score (nSPS) is 10.8. The van der Waals surface area contributed by atoms with Crippen molar-refractivity contribution in [2.45, 2.75) is 20.4 Å². The Hall–Kier alpha value is -1.55. The van der Waals surface area contributed by atoms with Gasteiger partial charge in [-0.15, -0.1) is 0 Å². The van der Waals surface area contributed by atoms with E-state index in [-0.39, 0.29) is 5.82 Å². The zero-order valence-corrected chi connectivity index (χ0v) is 10.4. The third kappa shape index (κ3) is 2.26. The van der Waals surface area contributed by atoms with Crippen molar-refractivity contribution in [1.29, 1.82) is 0 Å². The van der Waals surface area contributed by atoms with Crippen molar-refractivity contribution in [1.82, 2.24) is 9.78 Å². The van der Waals surface area contributed by atoms with Crippen molar-refractivity contribution >= 4 is 17.4 Å². The first-order valence-corrected chi connectivity index (χ1v) is 5.60. The molecule has 0 amide bonds. The lowest BCUT2D eigenvalue weighted by Gasteiger charge is -2.07. The first-order valence-electron chi connectivity index (χ1n) is 5.22. The smallest absolute Gasteiger partial charge is 0.141 e. The maximum Gasteiger partial charge on any atom is 0.141 e. The summed E-state index contributed by atoms with van der Waals surface area (Å²) in [7, 11) is 0. The first kappa shape index (κ1) is 11.9. The van der Waals surface area contributed by atoms with Crippen molar-refractivity contribution in [3.8, 4) is 0 Å². The van der Waals surface area contributed by atoms with E-state index in [4.69, 9.17) is 17.3 Å². The molecule has 2 N–H and O–H groups in total. The fourth-order valence-corrected chi connectivity index (χ4v) is 1.83. The Morgan fingerprint density at radius 2 is 2.12 bits per heavy atom. The number of rotatable bonds is 2. The molecule has 3 nitrogen and oxygen atoms in total. The maximum atomic E-state index is 13.0. The van der Waals surface area contributed by atoms with Gasteiger partial charge in [-0.1, -0.05) is 17.7 Å². The van der Waals surface area contributed by atoms with Crippen LogP contribution >= 0.6 is 11.6 Å². The number of nitrogens with two attached hydrogens (primary N) is 1. The number of aryl methyl sites for hydroxylation is 2. The van der Waals surface area contributed by atoms with Crippen molar-refractivity contribution < 1.29 is 4.39 Å². The molecule has 0 aliphatic rings. The van der Waals surface area contributed by atoms with Crippen molar-refractivity contribution in [2.75, 3.05) is 5.73 Å². The minimum Gasteiger partial charge on any atom is -0.383 e. The lowest BCUT2D eigenvalue weighted by molar-refractivity contribution is 0.622. The maximum absolute atomic E-state index is 13.0. The van der Waals surface area contributed by atoms with Crippen molar-refractivity contribution in [3.63, 3.8) is 0 Å². The molecule has 90 valence electrons. The molecule has 5 heteroatoms. The highest BCUT2D eigenvalue weighted by atomic mass is 35.5. The Bertz CT molecular complexity index is 563.